The van der Waals surface area contributed by atoms with Gasteiger partial charge >= 0.3 is 0 Å². The fourth-order valence-electron chi connectivity index (χ4n) is 3.02. The number of aryl methyl sites for hydroxylation is 2. The summed E-state index contributed by atoms with van der Waals surface area (Å²) < 4.78 is 5.65. The molecule has 2 rings (SSSR count). The van der Waals surface area contributed by atoms with Crippen LogP contribution in [0.4, 0.5) is 0 Å². The summed E-state index contributed by atoms with van der Waals surface area (Å²) in [6.45, 7) is 6.01. The molecule has 0 spiro atoms. The lowest BCUT2D eigenvalue weighted by Gasteiger charge is -2.31. The number of hydrogen-bond donors (Lipinski definition) is 1. The number of likely N-dealkylation sites (N-methyl/N-ethyl adjacent to an activating group) is 1. The molecule has 23 heavy (non-hydrogen) atoms. The van der Waals surface area contributed by atoms with Gasteiger partial charge in [-0.25, -0.2) is 0 Å². The Morgan fingerprint density at radius 2 is 1.91 bits per heavy atom. The third kappa shape index (κ3) is 4.02. The zero-order valence-corrected chi connectivity index (χ0v) is 14.6. The van der Waals surface area contributed by atoms with Gasteiger partial charge in [0.05, 0.1) is 6.04 Å². The van der Waals surface area contributed by atoms with E-state index >= 15 is 0 Å². The highest BCUT2D eigenvalue weighted by Gasteiger charge is 2.24. The molecule has 0 aliphatic heterocycles. The smallest absolute Gasteiger partial charge is 0.287 e. The van der Waals surface area contributed by atoms with Crippen LogP contribution in [0.3, 0.4) is 0 Å². The lowest BCUT2D eigenvalue weighted by molar-refractivity contribution is 0.0886. The average Bonchev–Trinajstić information content (AvgIpc) is 2.89. The van der Waals surface area contributed by atoms with Crippen molar-refractivity contribution in [1.29, 1.82) is 0 Å². The SMILES string of the molecule is CCc1oc(C(=O)NC(C)C(c2ccccc2)N(C)C)cc1C. The van der Waals surface area contributed by atoms with Crippen LogP contribution in [-0.2, 0) is 6.42 Å². The molecule has 2 atom stereocenters. The maximum atomic E-state index is 12.5. The predicted octanol–water partition coefficient (Wildman–Crippen LogP) is 3.57. The van der Waals surface area contributed by atoms with Gasteiger partial charge in [-0.1, -0.05) is 37.3 Å². The molecule has 0 aliphatic rings. The minimum absolute atomic E-state index is 0.0459. The van der Waals surface area contributed by atoms with Crippen molar-refractivity contribution in [3.8, 4) is 0 Å². The molecule has 0 bridgehead atoms. The van der Waals surface area contributed by atoms with Crippen molar-refractivity contribution in [2.75, 3.05) is 14.1 Å². The fraction of sp³-hybridized carbons (Fsp3) is 0.421. The van der Waals surface area contributed by atoms with Crippen molar-refractivity contribution in [2.45, 2.75) is 39.3 Å². The number of carbonyl (C=O) groups is 1. The monoisotopic (exact) mass is 314 g/mol. The van der Waals surface area contributed by atoms with Crippen LogP contribution in [0.5, 0.6) is 0 Å². The Bertz CT molecular complexity index is 647. The summed E-state index contributed by atoms with van der Waals surface area (Å²) in [6.07, 6.45) is 0.791. The van der Waals surface area contributed by atoms with Crippen molar-refractivity contribution in [3.05, 3.63) is 59.0 Å². The molecule has 1 amide bonds. The number of nitrogens with one attached hydrogen (secondary N) is 1. The van der Waals surface area contributed by atoms with Crippen molar-refractivity contribution in [1.82, 2.24) is 10.2 Å². The molecular formula is C19H26N2O2. The molecule has 0 saturated heterocycles. The van der Waals surface area contributed by atoms with Gasteiger partial charge in [-0.15, -0.1) is 0 Å². The van der Waals surface area contributed by atoms with E-state index in [-0.39, 0.29) is 18.0 Å². The maximum Gasteiger partial charge on any atom is 0.287 e. The number of carbonyl (C=O) groups excluding carboxylic acids is 1. The number of rotatable bonds is 6. The summed E-state index contributed by atoms with van der Waals surface area (Å²) in [7, 11) is 4.04. The number of benzene rings is 1. The minimum atomic E-state index is -0.164. The summed E-state index contributed by atoms with van der Waals surface area (Å²) in [6, 6.07) is 12.1. The molecule has 4 heteroatoms. The van der Waals surface area contributed by atoms with Crippen LogP contribution in [0.25, 0.3) is 0 Å². The van der Waals surface area contributed by atoms with E-state index in [2.05, 4.69) is 22.3 Å². The van der Waals surface area contributed by atoms with E-state index in [1.165, 1.54) is 5.56 Å². The summed E-state index contributed by atoms with van der Waals surface area (Å²) in [5, 5.41) is 3.07. The van der Waals surface area contributed by atoms with Crippen LogP contribution in [0.2, 0.25) is 0 Å². The molecule has 1 N–H and O–H groups in total. The molecule has 1 aromatic heterocycles. The fourth-order valence-corrected chi connectivity index (χ4v) is 3.02. The van der Waals surface area contributed by atoms with E-state index in [0.29, 0.717) is 5.76 Å². The molecule has 0 fully saturated rings. The Morgan fingerprint density at radius 1 is 1.26 bits per heavy atom. The van der Waals surface area contributed by atoms with E-state index in [0.717, 1.165) is 17.7 Å². The summed E-state index contributed by atoms with van der Waals surface area (Å²) in [5.41, 5.74) is 2.20. The second-order valence-electron chi connectivity index (χ2n) is 6.15. The molecule has 124 valence electrons. The molecular weight excluding hydrogens is 288 g/mol. The lowest BCUT2D eigenvalue weighted by atomic mass is 9.99. The van der Waals surface area contributed by atoms with Gasteiger partial charge in [0.1, 0.15) is 5.76 Å². The molecule has 2 aromatic rings. The lowest BCUT2D eigenvalue weighted by Crippen LogP contribution is -2.42. The van der Waals surface area contributed by atoms with Crippen LogP contribution < -0.4 is 5.32 Å². The van der Waals surface area contributed by atoms with Gasteiger partial charge in [0.25, 0.3) is 5.91 Å². The van der Waals surface area contributed by atoms with Crippen LogP contribution in [-0.4, -0.2) is 30.9 Å². The first-order valence-corrected chi connectivity index (χ1v) is 8.05. The highest BCUT2D eigenvalue weighted by molar-refractivity contribution is 5.92. The Balaban J connectivity index is 2.15. The van der Waals surface area contributed by atoms with Gasteiger partial charge < -0.3 is 14.6 Å². The van der Waals surface area contributed by atoms with Gasteiger partial charge in [-0.05, 0) is 45.1 Å². The summed E-state index contributed by atoms with van der Waals surface area (Å²) >= 11 is 0. The average molecular weight is 314 g/mol. The minimum Gasteiger partial charge on any atom is -0.456 e. The van der Waals surface area contributed by atoms with Gasteiger partial charge in [0.2, 0.25) is 0 Å². The van der Waals surface area contributed by atoms with Crippen LogP contribution in [0.15, 0.2) is 40.8 Å². The zero-order valence-electron chi connectivity index (χ0n) is 14.6. The molecule has 0 aliphatic carbocycles. The quantitative estimate of drug-likeness (QED) is 0.886. The second-order valence-corrected chi connectivity index (χ2v) is 6.15. The van der Waals surface area contributed by atoms with E-state index < -0.39 is 0 Å². The van der Waals surface area contributed by atoms with Crippen molar-refractivity contribution < 1.29 is 9.21 Å². The van der Waals surface area contributed by atoms with Gasteiger partial charge in [-0.2, -0.15) is 0 Å². The van der Waals surface area contributed by atoms with E-state index in [4.69, 9.17) is 4.42 Å². The number of amides is 1. The molecule has 1 aromatic carbocycles. The topological polar surface area (TPSA) is 45.5 Å². The first-order valence-electron chi connectivity index (χ1n) is 8.05. The summed E-state index contributed by atoms with van der Waals surface area (Å²) in [5.74, 6) is 1.09. The molecule has 2 unspecified atom stereocenters. The molecule has 1 heterocycles. The van der Waals surface area contributed by atoms with E-state index in [9.17, 15) is 4.79 Å². The van der Waals surface area contributed by atoms with Crippen LogP contribution in [0.1, 0.15) is 47.3 Å². The summed E-state index contributed by atoms with van der Waals surface area (Å²) in [4.78, 5) is 14.6. The largest absolute Gasteiger partial charge is 0.456 e. The normalized spacial score (nSPS) is 13.8. The Kier molecular flexibility index (Phi) is 5.61. The van der Waals surface area contributed by atoms with Crippen LogP contribution >= 0.6 is 0 Å². The zero-order chi connectivity index (χ0) is 17.0. The van der Waals surface area contributed by atoms with Gasteiger partial charge in [0, 0.05) is 12.5 Å². The molecule has 0 radical (unpaired) electrons. The van der Waals surface area contributed by atoms with Crippen molar-refractivity contribution >= 4 is 5.91 Å². The van der Waals surface area contributed by atoms with Gasteiger partial charge in [-0.3, -0.25) is 4.79 Å². The highest BCUT2D eigenvalue weighted by Crippen LogP contribution is 2.22. The standard InChI is InChI=1S/C19H26N2O2/c1-6-16-13(2)12-17(23-16)19(22)20-14(3)18(21(4)5)15-10-8-7-9-11-15/h7-12,14,18H,6H2,1-5H3,(H,20,22). The van der Waals surface area contributed by atoms with Crippen molar-refractivity contribution in [2.24, 2.45) is 0 Å². The van der Waals surface area contributed by atoms with E-state index in [1.54, 1.807) is 0 Å². The van der Waals surface area contributed by atoms with Crippen LogP contribution in [0, 0.1) is 6.92 Å². The van der Waals surface area contributed by atoms with Gasteiger partial charge in [0.15, 0.2) is 5.76 Å². The third-order valence-electron chi connectivity index (χ3n) is 4.10. The first-order chi connectivity index (χ1) is 10.9. The predicted molar refractivity (Wildman–Crippen MR) is 92.6 cm³/mol. The Labute approximate surface area is 138 Å². The maximum absolute atomic E-state index is 12.5. The Hall–Kier alpha value is -2.07. The highest BCUT2D eigenvalue weighted by atomic mass is 16.4. The Morgan fingerprint density at radius 3 is 2.43 bits per heavy atom. The first kappa shape index (κ1) is 17.3. The number of hydrogen-bond acceptors (Lipinski definition) is 3. The number of nitrogens with zero attached hydrogens (tertiary/aromatic N) is 1. The van der Waals surface area contributed by atoms with Crippen molar-refractivity contribution in [3.63, 3.8) is 0 Å². The third-order valence-corrected chi connectivity index (χ3v) is 4.10. The number of furan rings is 1. The second kappa shape index (κ2) is 7.47. The molecule has 4 nitrogen and oxygen atoms in total. The van der Waals surface area contributed by atoms with E-state index in [1.807, 2.05) is 59.1 Å². The molecule has 0 saturated carbocycles.